The molecule has 0 spiro atoms. The minimum Gasteiger partial charge on any atom is -0.437 e. The number of halogens is 1. The fourth-order valence-corrected chi connectivity index (χ4v) is 1.24. The zero-order chi connectivity index (χ0) is 10.7. The molecule has 2 aromatic heterocycles. The van der Waals surface area contributed by atoms with Gasteiger partial charge in [0.2, 0.25) is 5.88 Å². The Morgan fingerprint density at radius 1 is 1.20 bits per heavy atom. The number of ether oxygens (including phenoxy) is 1. The SMILES string of the molecule is Cc1ccc(Oc2cccc(Cl)n2)cn1. The molecule has 0 aromatic carbocycles. The molecule has 0 unspecified atom stereocenters. The number of pyridine rings is 2. The third kappa shape index (κ3) is 2.67. The Bertz CT molecular complexity index is 456. The molecule has 0 saturated heterocycles. The summed E-state index contributed by atoms with van der Waals surface area (Å²) in [7, 11) is 0. The molecule has 2 aromatic rings. The third-order valence-electron chi connectivity index (χ3n) is 1.80. The molecule has 0 atom stereocenters. The fourth-order valence-electron chi connectivity index (χ4n) is 1.08. The first-order valence-electron chi connectivity index (χ1n) is 4.47. The van der Waals surface area contributed by atoms with Crippen molar-refractivity contribution in [2.45, 2.75) is 6.92 Å². The maximum absolute atomic E-state index is 5.73. The highest BCUT2D eigenvalue weighted by molar-refractivity contribution is 6.29. The number of aromatic nitrogens is 2. The van der Waals surface area contributed by atoms with Crippen LogP contribution in [0.15, 0.2) is 36.5 Å². The number of hydrogen-bond donors (Lipinski definition) is 0. The molecule has 0 radical (unpaired) electrons. The highest BCUT2D eigenvalue weighted by Gasteiger charge is 1.99. The van der Waals surface area contributed by atoms with Crippen molar-refractivity contribution in [3.05, 3.63) is 47.4 Å². The first-order chi connectivity index (χ1) is 7.24. The Balaban J connectivity index is 2.18. The quantitative estimate of drug-likeness (QED) is 0.729. The normalized spacial score (nSPS) is 10.0. The van der Waals surface area contributed by atoms with Gasteiger partial charge in [-0.05, 0) is 25.1 Å². The summed E-state index contributed by atoms with van der Waals surface area (Å²) in [5.41, 5.74) is 0.946. The predicted octanol–water partition coefficient (Wildman–Crippen LogP) is 3.23. The van der Waals surface area contributed by atoms with Crippen LogP contribution in [0.4, 0.5) is 0 Å². The van der Waals surface area contributed by atoms with Crippen LogP contribution in [-0.2, 0) is 0 Å². The van der Waals surface area contributed by atoms with Crippen molar-refractivity contribution in [3.63, 3.8) is 0 Å². The van der Waals surface area contributed by atoms with Gasteiger partial charge in [-0.1, -0.05) is 17.7 Å². The lowest BCUT2D eigenvalue weighted by Crippen LogP contribution is -1.89. The standard InChI is InChI=1S/C11H9ClN2O/c1-8-5-6-9(7-13-8)15-11-4-2-3-10(12)14-11/h2-7H,1H3. The number of rotatable bonds is 2. The molecule has 0 fully saturated rings. The van der Waals surface area contributed by atoms with Crippen molar-refractivity contribution in [2.24, 2.45) is 0 Å². The molecule has 2 heterocycles. The molecular formula is C11H9ClN2O. The lowest BCUT2D eigenvalue weighted by atomic mass is 10.4. The van der Waals surface area contributed by atoms with Gasteiger partial charge in [0.1, 0.15) is 10.9 Å². The first-order valence-corrected chi connectivity index (χ1v) is 4.85. The van der Waals surface area contributed by atoms with Gasteiger partial charge in [-0.2, -0.15) is 0 Å². The van der Waals surface area contributed by atoms with Gasteiger partial charge in [-0.3, -0.25) is 4.98 Å². The lowest BCUT2D eigenvalue weighted by Gasteiger charge is -2.03. The molecule has 0 N–H and O–H groups in total. The highest BCUT2D eigenvalue weighted by Crippen LogP contribution is 2.19. The van der Waals surface area contributed by atoms with Crippen LogP contribution >= 0.6 is 11.6 Å². The summed E-state index contributed by atoms with van der Waals surface area (Å²) in [6.07, 6.45) is 1.65. The zero-order valence-corrected chi connectivity index (χ0v) is 8.90. The second-order valence-electron chi connectivity index (χ2n) is 3.04. The Morgan fingerprint density at radius 2 is 2.07 bits per heavy atom. The largest absolute Gasteiger partial charge is 0.437 e. The van der Waals surface area contributed by atoms with Crippen LogP contribution in [0.5, 0.6) is 11.6 Å². The van der Waals surface area contributed by atoms with Crippen molar-refractivity contribution in [3.8, 4) is 11.6 Å². The van der Waals surface area contributed by atoms with Crippen LogP contribution in [0.3, 0.4) is 0 Å². The van der Waals surface area contributed by atoms with Gasteiger partial charge in [0.15, 0.2) is 0 Å². The Labute approximate surface area is 92.7 Å². The third-order valence-corrected chi connectivity index (χ3v) is 2.01. The van der Waals surface area contributed by atoms with E-state index in [-0.39, 0.29) is 0 Å². The van der Waals surface area contributed by atoms with Crippen LogP contribution in [0, 0.1) is 6.92 Å². The van der Waals surface area contributed by atoms with E-state index in [0.717, 1.165) is 5.69 Å². The van der Waals surface area contributed by atoms with Crippen molar-refractivity contribution >= 4 is 11.6 Å². The van der Waals surface area contributed by atoms with Gasteiger partial charge in [-0.15, -0.1) is 0 Å². The molecule has 0 aliphatic carbocycles. The molecule has 0 amide bonds. The fraction of sp³-hybridized carbons (Fsp3) is 0.0909. The summed E-state index contributed by atoms with van der Waals surface area (Å²) in [5.74, 6) is 1.11. The second-order valence-corrected chi connectivity index (χ2v) is 3.42. The molecule has 15 heavy (non-hydrogen) atoms. The maximum atomic E-state index is 5.73. The summed E-state index contributed by atoms with van der Waals surface area (Å²) in [6.45, 7) is 1.92. The average molecular weight is 221 g/mol. The van der Waals surface area contributed by atoms with E-state index in [1.807, 2.05) is 19.1 Å². The summed E-state index contributed by atoms with van der Waals surface area (Å²) in [4.78, 5) is 8.12. The predicted molar refractivity (Wildman–Crippen MR) is 58.3 cm³/mol. The van der Waals surface area contributed by atoms with Gasteiger partial charge in [0, 0.05) is 11.8 Å². The molecule has 0 bridgehead atoms. The molecule has 0 saturated carbocycles. The zero-order valence-electron chi connectivity index (χ0n) is 8.14. The summed E-state index contributed by atoms with van der Waals surface area (Å²) >= 11 is 5.73. The maximum Gasteiger partial charge on any atom is 0.220 e. The van der Waals surface area contributed by atoms with Gasteiger partial charge < -0.3 is 4.74 Å². The van der Waals surface area contributed by atoms with E-state index in [4.69, 9.17) is 16.3 Å². The summed E-state index contributed by atoms with van der Waals surface area (Å²) in [5, 5.41) is 0.410. The van der Waals surface area contributed by atoms with Crippen molar-refractivity contribution in [1.82, 2.24) is 9.97 Å². The smallest absolute Gasteiger partial charge is 0.220 e. The monoisotopic (exact) mass is 220 g/mol. The van der Waals surface area contributed by atoms with Crippen LogP contribution < -0.4 is 4.74 Å². The summed E-state index contributed by atoms with van der Waals surface area (Å²) < 4.78 is 5.46. The molecule has 0 aliphatic heterocycles. The van der Waals surface area contributed by atoms with Crippen molar-refractivity contribution in [2.75, 3.05) is 0 Å². The number of aryl methyl sites for hydroxylation is 1. The molecule has 4 heteroatoms. The minimum absolute atomic E-state index is 0.410. The summed E-state index contributed by atoms with van der Waals surface area (Å²) in [6, 6.07) is 8.94. The Hall–Kier alpha value is -1.61. The van der Waals surface area contributed by atoms with Crippen LogP contribution in [-0.4, -0.2) is 9.97 Å². The van der Waals surface area contributed by atoms with E-state index in [0.29, 0.717) is 16.8 Å². The number of nitrogens with zero attached hydrogens (tertiary/aromatic N) is 2. The van der Waals surface area contributed by atoms with Gasteiger partial charge >= 0.3 is 0 Å². The average Bonchev–Trinajstić information content (AvgIpc) is 2.22. The Morgan fingerprint density at radius 3 is 2.73 bits per heavy atom. The van der Waals surface area contributed by atoms with E-state index in [2.05, 4.69) is 9.97 Å². The Kier molecular flexibility index (Phi) is 2.83. The molecule has 2 rings (SSSR count). The first kappa shape index (κ1) is 9.93. The van der Waals surface area contributed by atoms with Crippen LogP contribution in [0.25, 0.3) is 0 Å². The van der Waals surface area contributed by atoms with Gasteiger partial charge in [0.05, 0.1) is 6.20 Å². The molecule has 3 nitrogen and oxygen atoms in total. The molecule has 0 aliphatic rings. The van der Waals surface area contributed by atoms with E-state index < -0.39 is 0 Å². The highest BCUT2D eigenvalue weighted by atomic mass is 35.5. The van der Waals surface area contributed by atoms with E-state index >= 15 is 0 Å². The van der Waals surface area contributed by atoms with E-state index in [1.54, 1.807) is 24.4 Å². The van der Waals surface area contributed by atoms with E-state index in [9.17, 15) is 0 Å². The second kappa shape index (κ2) is 4.28. The van der Waals surface area contributed by atoms with Gasteiger partial charge in [0.25, 0.3) is 0 Å². The van der Waals surface area contributed by atoms with Gasteiger partial charge in [-0.25, -0.2) is 4.98 Å². The minimum atomic E-state index is 0.410. The topological polar surface area (TPSA) is 35.0 Å². The van der Waals surface area contributed by atoms with E-state index in [1.165, 1.54) is 0 Å². The molecule has 76 valence electrons. The van der Waals surface area contributed by atoms with Crippen LogP contribution in [0.1, 0.15) is 5.69 Å². The molecular weight excluding hydrogens is 212 g/mol. The van der Waals surface area contributed by atoms with Crippen molar-refractivity contribution in [1.29, 1.82) is 0 Å². The lowest BCUT2D eigenvalue weighted by molar-refractivity contribution is 0.460. The number of hydrogen-bond acceptors (Lipinski definition) is 3. The van der Waals surface area contributed by atoms with Crippen LogP contribution in [0.2, 0.25) is 5.15 Å². The van der Waals surface area contributed by atoms with Crippen molar-refractivity contribution < 1.29 is 4.74 Å².